The van der Waals surface area contributed by atoms with E-state index >= 15 is 0 Å². The van der Waals surface area contributed by atoms with Crippen LogP contribution >= 0.6 is 15.9 Å². The average molecular weight is 296 g/mol. The first-order chi connectivity index (χ1) is 7.08. The lowest BCUT2D eigenvalue weighted by molar-refractivity contribution is 0.368. The minimum atomic E-state index is -2.97. The molecule has 3 nitrogen and oxygen atoms in total. The average Bonchev–Trinajstić information content (AvgIpc) is 2.98. The third kappa shape index (κ3) is 3.43. The quantitative estimate of drug-likeness (QED) is 0.807. The highest BCUT2D eigenvalue weighted by Crippen LogP contribution is 2.30. The van der Waals surface area contributed by atoms with Crippen molar-refractivity contribution in [1.29, 1.82) is 0 Å². The van der Waals surface area contributed by atoms with Crippen molar-refractivity contribution in [2.45, 2.75) is 48.6 Å². The van der Waals surface area contributed by atoms with Gasteiger partial charge in [-0.3, -0.25) is 0 Å². The van der Waals surface area contributed by atoms with Gasteiger partial charge in [-0.1, -0.05) is 22.4 Å². The SMILES string of the molecule is O=S(=O)(NCC1CCCC(Br)C1)C1CC1. The van der Waals surface area contributed by atoms with E-state index in [0.29, 0.717) is 17.3 Å². The molecule has 2 aliphatic carbocycles. The molecule has 1 N–H and O–H groups in total. The molecule has 0 aromatic rings. The standard InChI is InChI=1S/C10H18BrNO2S/c11-9-3-1-2-8(6-9)7-12-15(13,14)10-4-5-10/h8-10,12H,1-7H2. The molecule has 0 aliphatic heterocycles. The van der Waals surface area contributed by atoms with Gasteiger partial charge >= 0.3 is 0 Å². The number of hydrogen-bond donors (Lipinski definition) is 1. The Labute approximate surface area is 100 Å². The van der Waals surface area contributed by atoms with Crippen molar-refractivity contribution >= 4 is 26.0 Å². The summed E-state index contributed by atoms with van der Waals surface area (Å²) < 4.78 is 26.0. The molecule has 5 heteroatoms. The van der Waals surface area contributed by atoms with Crippen LogP contribution < -0.4 is 4.72 Å². The summed E-state index contributed by atoms with van der Waals surface area (Å²) >= 11 is 3.61. The highest BCUT2D eigenvalue weighted by molar-refractivity contribution is 9.09. The predicted molar refractivity (Wildman–Crippen MR) is 64.6 cm³/mol. The molecule has 0 bridgehead atoms. The summed E-state index contributed by atoms with van der Waals surface area (Å²) in [6, 6.07) is 0. The molecule has 2 atom stereocenters. The van der Waals surface area contributed by atoms with Gasteiger partial charge in [0.25, 0.3) is 0 Å². The second kappa shape index (κ2) is 4.72. The van der Waals surface area contributed by atoms with Crippen LogP contribution in [0.3, 0.4) is 0 Å². The molecule has 0 heterocycles. The fourth-order valence-electron chi connectivity index (χ4n) is 2.14. The fourth-order valence-corrected chi connectivity index (χ4v) is 4.45. The normalized spacial score (nSPS) is 32.9. The van der Waals surface area contributed by atoms with Crippen LogP contribution in [0.4, 0.5) is 0 Å². The number of alkyl halides is 1. The first-order valence-corrected chi connectivity index (χ1v) is 8.16. The lowest BCUT2D eigenvalue weighted by Crippen LogP contribution is -2.33. The second-order valence-corrected chi connectivity index (χ2v) is 8.06. The van der Waals surface area contributed by atoms with Crippen molar-refractivity contribution in [3.05, 3.63) is 0 Å². The fraction of sp³-hybridized carbons (Fsp3) is 1.00. The van der Waals surface area contributed by atoms with E-state index in [1.54, 1.807) is 0 Å². The van der Waals surface area contributed by atoms with Crippen molar-refractivity contribution in [3.8, 4) is 0 Å². The number of halogens is 1. The molecule has 0 spiro atoms. The third-order valence-corrected chi connectivity index (χ3v) is 6.00. The molecule has 2 rings (SSSR count). The van der Waals surface area contributed by atoms with E-state index in [4.69, 9.17) is 0 Å². The Hall–Kier alpha value is 0.390. The molecule has 0 radical (unpaired) electrons. The molecule has 2 aliphatic rings. The van der Waals surface area contributed by atoms with Crippen LogP contribution in [0.5, 0.6) is 0 Å². The smallest absolute Gasteiger partial charge is 0.214 e. The highest BCUT2D eigenvalue weighted by atomic mass is 79.9. The van der Waals surface area contributed by atoms with Crippen LogP contribution in [-0.2, 0) is 10.0 Å². The van der Waals surface area contributed by atoms with E-state index in [2.05, 4.69) is 20.7 Å². The number of sulfonamides is 1. The molecule has 0 aromatic carbocycles. The zero-order chi connectivity index (χ0) is 10.9. The minimum absolute atomic E-state index is 0.0825. The summed E-state index contributed by atoms with van der Waals surface area (Å²) in [5.41, 5.74) is 0. The van der Waals surface area contributed by atoms with Crippen LogP contribution in [-0.4, -0.2) is 25.0 Å². The van der Waals surface area contributed by atoms with E-state index in [0.717, 1.165) is 25.7 Å². The first kappa shape index (κ1) is 11.9. The topological polar surface area (TPSA) is 46.2 Å². The maximum atomic E-state index is 11.6. The molecule has 2 unspecified atom stereocenters. The van der Waals surface area contributed by atoms with Gasteiger partial charge in [0, 0.05) is 11.4 Å². The number of rotatable bonds is 4. The van der Waals surface area contributed by atoms with Crippen LogP contribution in [0.25, 0.3) is 0 Å². The van der Waals surface area contributed by atoms with Gasteiger partial charge in [0.05, 0.1) is 5.25 Å². The molecule has 0 aromatic heterocycles. The van der Waals surface area contributed by atoms with Gasteiger partial charge in [0.15, 0.2) is 0 Å². The lowest BCUT2D eigenvalue weighted by atomic mass is 9.89. The van der Waals surface area contributed by atoms with Gasteiger partial charge < -0.3 is 0 Å². The Morgan fingerprint density at radius 3 is 2.53 bits per heavy atom. The molecule has 2 fully saturated rings. The van der Waals surface area contributed by atoms with Crippen LogP contribution in [0.1, 0.15) is 38.5 Å². The van der Waals surface area contributed by atoms with Crippen LogP contribution in [0, 0.1) is 5.92 Å². The van der Waals surface area contributed by atoms with Gasteiger partial charge in [0.1, 0.15) is 0 Å². The molecule has 2 saturated carbocycles. The minimum Gasteiger partial charge on any atom is -0.215 e. The summed E-state index contributed by atoms with van der Waals surface area (Å²) in [6.45, 7) is 0.640. The van der Waals surface area contributed by atoms with Crippen molar-refractivity contribution in [2.75, 3.05) is 6.54 Å². The van der Waals surface area contributed by atoms with Crippen molar-refractivity contribution in [3.63, 3.8) is 0 Å². The highest BCUT2D eigenvalue weighted by Gasteiger charge is 2.35. The van der Waals surface area contributed by atoms with E-state index < -0.39 is 10.0 Å². The summed E-state index contributed by atoms with van der Waals surface area (Å²) in [4.78, 5) is 0.585. The van der Waals surface area contributed by atoms with E-state index in [-0.39, 0.29) is 5.25 Å². The first-order valence-electron chi connectivity index (χ1n) is 5.70. The van der Waals surface area contributed by atoms with Crippen LogP contribution in [0.15, 0.2) is 0 Å². The molecular formula is C10H18BrNO2S. The lowest BCUT2D eigenvalue weighted by Gasteiger charge is -2.25. The van der Waals surface area contributed by atoms with Crippen LogP contribution in [0.2, 0.25) is 0 Å². The van der Waals surface area contributed by atoms with Gasteiger partial charge in [-0.25, -0.2) is 13.1 Å². The molecule has 88 valence electrons. The Morgan fingerprint density at radius 2 is 1.93 bits per heavy atom. The Morgan fingerprint density at radius 1 is 1.20 bits per heavy atom. The zero-order valence-electron chi connectivity index (χ0n) is 8.78. The third-order valence-electron chi connectivity index (χ3n) is 3.26. The van der Waals surface area contributed by atoms with Gasteiger partial charge in [-0.05, 0) is 38.0 Å². The summed E-state index contributed by atoms with van der Waals surface area (Å²) in [7, 11) is -2.97. The zero-order valence-corrected chi connectivity index (χ0v) is 11.2. The second-order valence-electron chi connectivity index (χ2n) is 4.72. The van der Waals surface area contributed by atoms with Gasteiger partial charge in [-0.15, -0.1) is 0 Å². The van der Waals surface area contributed by atoms with Gasteiger partial charge in [0.2, 0.25) is 10.0 Å². The van der Waals surface area contributed by atoms with E-state index in [1.165, 1.54) is 12.8 Å². The maximum absolute atomic E-state index is 11.6. The summed E-state index contributed by atoms with van der Waals surface area (Å²) in [5, 5.41) is -0.0825. The Kier molecular flexibility index (Phi) is 3.73. The van der Waals surface area contributed by atoms with E-state index in [9.17, 15) is 8.42 Å². The van der Waals surface area contributed by atoms with Crippen molar-refractivity contribution in [1.82, 2.24) is 4.72 Å². The van der Waals surface area contributed by atoms with Gasteiger partial charge in [-0.2, -0.15) is 0 Å². The Bertz CT molecular complexity index is 313. The van der Waals surface area contributed by atoms with Crippen molar-refractivity contribution in [2.24, 2.45) is 5.92 Å². The summed E-state index contributed by atoms with van der Waals surface area (Å²) in [6.07, 6.45) is 6.40. The predicted octanol–water partition coefficient (Wildman–Crippen LogP) is 2.02. The number of hydrogen-bond acceptors (Lipinski definition) is 2. The van der Waals surface area contributed by atoms with Crippen molar-refractivity contribution < 1.29 is 8.42 Å². The molecule has 0 saturated heterocycles. The Balaban J connectivity index is 1.77. The van der Waals surface area contributed by atoms with E-state index in [1.807, 2.05) is 0 Å². The molecular weight excluding hydrogens is 278 g/mol. The molecule has 15 heavy (non-hydrogen) atoms. The monoisotopic (exact) mass is 295 g/mol. The summed E-state index contributed by atoms with van der Waals surface area (Å²) in [5.74, 6) is 0.525. The largest absolute Gasteiger partial charge is 0.215 e. The molecule has 0 amide bonds. The maximum Gasteiger partial charge on any atom is 0.214 e. The number of nitrogens with one attached hydrogen (secondary N) is 1.